The lowest BCUT2D eigenvalue weighted by Gasteiger charge is -2.15. The molecular formula is C21H19Cl2N5O5S. The molecule has 1 heterocycles. The summed E-state index contributed by atoms with van der Waals surface area (Å²) in [6.45, 7) is 1.40. The van der Waals surface area contributed by atoms with E-state index in [1.54, 1.807) is 36.4 Å². The molecule has 3 aromatic rings. The fourth-order valence-corrected chi connectivity index (χ4v) is 4.32. The van der Waals surface area contributed by atoms with Gasteiger partial charge in [0.05, 0.1) is 21.4 Å². The number of ether oxygens (including phenoxy) is 1. The van der Waals surface area contributed by atoms with Crippen LogP contribution in [0.1, 0.15) is 17.5 Å². The summed E-state index contributed by atoms with van der Waals surface area (Å²) in [5.74, 6) is -1.91. The van der Waals surface area contributed by atoms with Gasteiger partial charge in [-0.15, -0.1) is 10.2 Å². The third-order valence-corrected chi connectivity index (χ3v) is 6.15. The molecule has 13 heteroatoms. The van der Waals surface area contributed by atoms with Gasteiger partial charge in [0.1, 0.15) is 19.2 Å². The highest BCUT2D eigenvalue weighted by molar-refractivity contribution is 7.99. The van der Waals surface area contributed by atoms with Crippen LogP contribution >= 0.6 is 35.0 Å². The zero-order valence-corrected chi connectivity index (χ0v) is 20.1. The number of aliphatic carboxylic acids is 1. The molecular weight excluding hydrogens is 505 g/mol. The van der Waals surface area contributed by atoms with Crippen LogP contribution in [-0.2, 0) is 27.5 Å². The topological polar surface area (TPSA) is 136 Å². The number of nitrogens with zero attached hydrogens (tertiary/aromatic N) is 4. The zero-order valence-electron chi connectivity index (χ0n) is 17.8. The first-order chi connectivity index (χ1) is 16.2. The molecule has 0 spiro atoms. The van der Waals surface area contributed by atoms with Crippen LogP contribution in [0, 0.1) is 6.92 Å². The van der Waals surface area contributed by atoms with Gasteiger partial charge in [-0.25, -0.2) is 4.79 Å². The minimum atomic E-state index is -1.34. The number of rotatable bonds is 10. The monoisotopic (exact) mass is 523 g/mol. The van der Waals surface area contributed by atoms with E-state index in [2.05, 4.69) is 20.7 Å². The van der Waals surface area contributed by atoms with E-state index in [1.807, 2.05) is 13.0 Å². The van der Waals surface area contributed by atoms with E-state index in [9.17, 15) is 14.4 Å². The van der Waals surface area contributed by atoms with E-state index >= 15 is 0 Å². The maximum absolute atomic E-state index is 12.7. The minimum absolute atomic E-state index is 0.0317. The Morgan fingerprint density at radius 2 is 1.85 bits per heavy atom. The summed E-state index contributed by atoms with van der Waals surface area (Å²) in [6.07, 6.45) is -1.56. The molecule has 1 amide bonds. The maximum atomic E-state index is 12.7. The van der Waals surface area contributed by atoms with Gasteiger partial charge in [-0.05, 0) is 47.2 Å². The van der Waals surface area contributed by atoms with Crippen molar-refractivity contribution < 1.29 is 24.2 Å². The van der Waals surface area contributed by atoms with Crippen molar-refractivity contribution >= 4 is 52.8 Å². The van der Waals surface area contributed by atoms with Crippen LogP contribution in [0.25, 0.3) is 0 Å². The molecule has 2 aromatic carbocycles. The van der Waals surface area contributed by atoms with Crippen molar-refractivity contribution in [1.29, 1.82) is 0 Å². The lowest BCUT2D eigenvalue weighted by Crippen LogP contribution is -2.44. The van der Waals surface area contributed by atoms with Gasteiger partial charge in [-0.3, -0.25) is 9.59 Å². The van der Waals surface area contributed by atoms with Crippen LogP contribution in [-0.4, -0.2) is 49.2 Å². The molecule has 178 valence electrons. The molecule has 0 bridgehead atoms. The molecule has 0 aliphatic rings. The number of aryl methyl sites for hydroxylation is 1. The number of halogens is 2. The standard InChI is InChI=1S/C21H19Cl2N5O5S/c1-12-7-14(22)19(15(23)8-12)34-20-25-27-28(26-20)10-17(29)16(9-18(30)31)24-21(32)33-11-13-5-3-2-4-6-13/h2-8,16H,9-11H2,1H3,(H,24,32)(H,30,31). The smallest absolute Gasteiger partial charge is 0.408 e. The molecule has 34 heavy (non-hydrogen) atoms. The first-order valence-corrected chi connectivity index (χ1v) is 11.4. The van der Waals surface area contributed by atoms with Crippen molar-refractivity contribution in [3.8, 4) is 0 Å². The van der Waals surface area contributed by atoms with E-state index < -0.39 is 36.9 Å². The number of amides is 1. The van der Waals surface area contributed by atoms with Gasteiger partial charge in [0.15, 0.2) is 5.78 Å². The Hall–Kier alpha value is -3.15. The van der Waals surface area contributed by atoms with Crippen LogP contribution in [0.3, 0.4) is 0 Å². The Bertz CT molecular complexity index is 1170. The Morgan fingerprint density at radius 3 is 2.50 bits per heavy atom. The van der Waals surface area contributed by atoms with Gasteiger partial charge >= 0.3 is 12.1 Å². The van der Waals surface area contributed by atoms with Crippen molar-refractivity contribution in [3.05, 3.63) is 63.6 Å². The van der Waals surface area contributed by atoms with E-state index in [4.69, 9.17) is 33.0 Å². The Labute approximate surface area is 208 Å². The van der Waals surface area contributed by atoms with Crippen molar-refractivity contribution in [2.24, 2.45) is 0 Å². The molecule has 0 saturated carbocycles. The van der Waals surface area contributed by atoms with E-state index in [1.165, 1.54) is 0 Å². The van der Waals surface area contributed by atoms with E-state index in [0.29, 0.717) is 14.9 Å². The SMILES string of the molecule is Cc1cc(Cl)c(Sc2nnn(CC(=O)C(CC(=O)O)NC(=O)OCc3ccccc3)n2)c(Cl)c1. The number of tetrazole rings is 1. The fourth-order valence-electron chi connectivity index (χ4n) is 2.79. The summed E-state index contributed by atoms with van der Waals surface area (Å²) in [4.78, 5) is 37.5. The van der Waals surface area contributed by atoms with Crippen LogP contribution < -0.4 is 5.32 Å². The van der Waals surface area contributed by atoms with Gasteiger partial charge < -0.3 is 15.2 Å². The highest BCUT2D eigenvalue weighted by Gasteiger charge is 2.25. The average molecular weight is 524 g/mol. The number of hydrogen-bond donors (Lipinski definition) is 2. The number of carboxylic acids is 1. The fraction of sp³-hybridized carbons (Fsp3) is 0.238. The molecule has 3 rings (SSSR count). The van der Waals surface area contributed by atoms with E-state index in [-0.39, 0.29) is 11.8 Å². The Morgan fingerprint density at radius 1 is 1.18 bits per heavy atom. The Balaban J connectivity index is 1.61. The lowest BCUT2D eigenvalue weighted by molar-refractivity contribution is -0.139. The molecule has 0 radical (unpaired) electrons. The summed E-state index contributed by atoms with van der Waals surface area (Å²) in [7, 11) is 0. The number of benzene rings is 2. The molecule has 10 nitrogen and oxygen atoms in total. The third kappa shape index (κ3) is 7.44. The number of carbonyl (C=O) groups excluding carboxylic acids is 2. The summed E-state index contributed by atoms with van der Waals surface area (Å²) in [5.41, 5.74) is 1.63. The van der Waals surface area contributed by atoms with Crippen LogP contribution in [0.2, 0.25) is 10.0 Å². The second-order valence-corrected chi connectivity index (χ2v) is 8.88. The number of ketones is 1. The summed E-state index contributed by atoms with van der Waals surface area (Å²) >= 11 is 13.5. The van der Waals surface area contributed by atoms with Gasteiger partial charge in [0.2, 0.25) is 5.16 Å². The Kier molecular flexibility index (Phi) is 8.85. The molecule has 0 saturated heterocycles. The molecule has 0 fully saturated rings. The van der Waals surface area contributed by atoms with Crippen molar-refractivity contribution in [2.75, 3.05) is 0 Å². The van der Waals surface area contributed by atoms with E-state index in [0.717, 1.165) is 27.7 Å². The molecule has 1 unspecified atom stereocenters. The van der Waals surface area contributed by atoms with Crippen LogP contribution in [0.5, 0.6) is 0 Å². The number of aromatic nitrogens is 4. The molecule has 0 aliphatic heterocycles. The van der Waals surface area contributed by atoms with Gasteiger partial charge in [0.25, 0.3) is 0 Å². The second-order valence-electron chi connectivity index (χ2n) is 7.08. The van der Waals surface area contributed by atoms with Gasteiger partial charge in [0, 0.05) is 0 Å². The zero-order chi connectivity index (χ0) is 24.7. The number of carboxylic acid groups (broad SMARTS) is 1. The summed E-state index contributed by atoms with van der Waals surface area (Å²) in [5, 5.41) is 24.2. The molecule has 1 atom stereocenters. The molecule has 2 N–H and O–H groups in total. The highest BCUT2D eigenvalue weighted by atomic mass is 35.5. The lowest BCUT2D eigenvalue weighted by atomic mass is 10.1. The first kappa shape index (κ1) is 25.5. The summed E-state index contributed by atoms with van der Waals surface area (Å²) < 4.78 is 5.07. The predicted molar refractivity (Wildman–Crippen MR) is 124 cm³/mol. The first-order valence-electron chi connectivity index (χ1n) is 9.84. The number of carbonyl (C=O) groups is 3. The number of alkyl carbamates (subject to hydrolysis) is 1. The average Bonchev–Trinajstić information content (AvgIpc) is 3.21. The maximum Gasteiger partial charge on any atom is 0.408 e. The third-order valence-electron chi connectivity index (χ3n) is 4.34. The quantitative estimate of drug-likeness (QED) is 0.406. The molecule has 1 aromatic heterocycles. The second kappa shape index (κ2) is 11.8. The highest BCUT2D eigenvalue weighted by Crippen LogP contribution is 2.37. The largest absolute Gasteiger partial charge is 0.481 e. The van der Waals surface area contributed by atoms with Crippen molar-refractivity contribution in [2.45, 2.75) is 42.6 Å². The molecule has 0 aliphatic carbocycles. The van der Waals surface area contributed by atoms with Crippen molar-refractivity contribution in [3.63, 3.8) is 0 Å². The normalized spacial score (nSPS) is 11.6. The van der Waals surface area contributed by atoms with Crippen LogP contribution in [0.15, 0.2) is 52.5 Å². The van der Waals surface area contributed by atoms with Gasteiger partial charge in [-0.2, -0.15) is 4.80 Å². The predicted octanol–water partition coefficient (Wildman–Crippen LogP) is 3.78. The number of Topliss-reactive ketones (excluding diaryl/α,β-unsaturated/α-hetero) is 1. The van der Waals surface area contributed by atoms with Crippen LogP contribution in [0.4, 0.5) is 4.79 Å². The summed E-state index contributed by atoms with van der Waals surface area (Å²) in [6, 6.07) is 11.0. The van der Waals surface area contributed by atoms with Crippen molar-refractivity contribution in [1.82, 2.24) is 25.5 Å². The number of hydrogen-bond acceptors (Lipinski definition) is 8. The van der Waals surface area contributed by atoms with Gasteiger partial charge in [-0.1, -0.05) is 53.5 Å². The minimum Gasteiger partial charge on any atom is -0.481 e. The number of nitrogens with one attached hydrogen (secondary N) is 1.